The highest BCUT2D eigenvalue weighted by molar-refractivity contribution is 7.18. The molecule has 2 aromatic rings. The van der Waals surface area contributed by atoms with Crippen molar-refractivity contribution in [2.45, 2.75) is 65.5 Å². The third kappa shape index (κ3) is 4.63. The molecule has 2 aromatic heterocycles. The van der Waals surface area contributed by atoms with Crippen LogP contribution in [-0.4, -0.2) is 40.3 Å². The van der Waals surface area contributed by atoms with Crippen molar-refractivity contribution in [1.82, 2.24) is 9.88 Å². The zero-order valence-corrected chi connectivity index (χ0v) is 20.4. The molecule has 9 heteroatoms. The minimum absolute atomic E-state index is 0.221. The number of aromatic nitrogens is 1. The first-order chi connectivity index (χ1) is 15.2. The lowest BCUT2D eigenvalue weighted by Gasteiger charge is -2.30. The average molecular weight is 474 g/mol. The van der Waals surface area contributed by atoms with Crippen molar-refractivity contribution in [3.05, 3.63) is 32.7 Å². The smallest absolute Gasteiger partial charge is 0.410 e. The summed E-state index contributed by atoms with van der Waals surface area (Å²) in [5, 5.41) is 6.63. The predicted molar refractivity (Wildman–Crippen MR) is 126 cm³/mol. The van der Waals surface area contributed by atoms with Gasteiger partial charge in [-0.2, -0.15) is 0 Å². The molecule has 0 saturated carbocycles. The van der Waals surface area contributed by atoms with E-state index in [4.69, 9.17) is 4.74 Å². The third-order valence-corrected chi connectivity index (χ3v) is 7.56. The summed E-state index contributed by atoms with van der Waals surface area (Å²) in [5.41, 5.74) is 3.59. The van der Waals surface area contributed by atoms with E-state index in [9.17, 15) is 14.4 Å². The molecule has 0 unspecified atom stereocenters. The van der Waals surface area contributed by atoms with Crippen LogP contribution in [0, 0.1) is 6.92 Å². The fourth-order valence-corrected chi connectivity index (χ4v) is 6.20. The van der Waals surface area contributed by atoms with Crippen LogP contribution in [0.25, 0.3) is 10.6 Å². The van der Waals surface area contributed by atoms with Gasteiger partial charge in [0.1, 0.15) is 21.9 Å². The number of rotatable bonds is 4. The molecule has 0 saturated heterocycles. The summed E-state index contributed by atoms with van der Waals surface area (Å²) in [5.74, 6) is -0.221. The van der Waals surface area contributed by atoms with Gasteiger partial charge in [0.05, 0.1) is 6.54 Å². The highest BCUT2D eigenvalue weighted by atomic mass is 32.1. The fourth-order valence-electron chi connectivity index (χ4n) is 4.00. The monoisotopic (exact) mass is 473 g/mol. The van der Waals surface area contributed by atoms with Crippen LogP contribution in [0.4, 0.5) is 9.80 Å². The summed E-state index contributed by atoms with van der Waals surface area (Å²) < 4.78 is 5.55. The molecule has 1 N–H and O–H groups in total. The van der Waals surface area contributed by atoms with E-state index >= 15 is 0 Å². The van der Waals surface area contributed by atoms with Gasteiger partial charge >= 0.3 is 6.09 Å². The highest BCUT2D eigenvalue weighted by Gasteiger charge is 2.32. The summed E-state index contributed by atoms with van der Waals surface area (Å²) in [6.45, 7) is 8.49. The van der Waals surface area contributed by atoms with Crippen LogP contribution in [0.2, 0.25) is 0 Å². The molecule has 3 heterocycles. The minimum Gasteiger partial charge on any atom is -0.444 e. The van der Waals surface area contributed by atoms with Crippen LogP contribution in [-0.2, 0) is 27.3 Å². The van der Waals surface area contributed by atoms with Crippen molar-refractivity contribution >= 4 is 46.0 Å². The molecule has 1 aliphatic carbocycles. The van der Waals surface area contributed by atoms with E-state index < -0.39 is 5.60 Å². The molecule has 32 heavy (non-hydrogen) atoms. The Hall–Kier alpha value is -2.52. The fraction of sp³-hybridized carbons (Fsp3) is 0.478. The van der Waals surface area contributed by atoms with Gasteiger partial charge in [-0.05, 0) is 58.9 Å². The van der Waals surface area contributed by atoms with Gasteiger partial charge in [-0.15, -0.1) is 22.7 Å². The van der Waals surface area contributed by atoms with Crippen molar-refractivity contribution < 1.29 is 19.1 Å². The van der Waals surface area contributed by atoms with Crippen molar-refractivity contribution in [2.75, 3.05) is 11.9 Å². The second-order valence-electron chi connectivity index (χ2n) is 9.08. The molecule has 0 aromatic carbocycles. The molecular formula is C23H27N3O4S2. The maximum absolute atomic E-state index is 13.0. The van der Waals surface area contributed by atoms with E-state index in [1.165, 1.54) is 11.3 Å². The molecule has 1 aliphatic heterocycles. The van der Waals surface area contributed by atoms with Crippen LogP contribution < -0.4 is 5.32 Å². The number of carbonyl (C=O) groups is 3. The number of fused-ring (bicyclic) bond motifs is 1. The molecule has 170 valence electrons. The number of allylic oxidation sites excluding steroid dienone is 1. The van der Waals surface area contributed by atoms with Crippen molar-refractivity contribution in [2.24, 2.45) is 0 Å². The maximum atomic E-state index is 13.0. The molecular weight excluding hydrogens is 446 g/mol. The standard InChI is InChI=1S/C23H27N3O4S2/c1-13-12-31-20(24-13)18-16-8-9-26(22(29)30-23(2,3)4)10-17(16)32-21(18)25-19(28)15-7-5-6-14(15)11-27/h11-12H,5-10H2,1-4H3,(H,25,28). The molecule has 4 rings (SSSR count). The molecule has 0 spiro atoms. The average Bonchev–Trinajstić information content (AvgIpc) is 3.43. The largest absolute Gasteiger partial charge is 0.444 e. The Labute approximate surface area is 195 Å². The number of carbonyl (C=O) groups excluding carboxylic acids is 3. The zero-order chi connectivity index (χ0) is 23.0. The predicted octanol–water partition coefficient (Wildman–Crippen LogP) is 5.09. The number of anilines is 1. The summed E-state index contributed by atoms with van der Waals surface area (Å²) in [4.78, 5) is 44.3. The molecule has 7 nitrogen and oxygen atoms in total. The Morgan fingerprint density at radius 3 is 2.69 bits per heavy atom. The lowest BCUT2D eigenvalue weighted by molar-refractivity contribution is -0.113. The van der Waals surface area contributed by atoms with Crippen molar-refractivity contribution in [3.8, 4) is 10.6 Å². The first kappa shape index (κ1) is 22.7. The van der Waals surface area contributed by atoms with E-state index in [1.807, 2.05) is 33.1 Å². The number of aryl methyl sites for hydroxylation is 1. The van der Waals surface area contributed by atoms with E-state index in [-0.39, 0.29) is 12.0 Å². The second kappa shape index (κ2) is 8.78. The van der Waals surface area contributed by atoms with Crippen LogP contribution in [0.5, 0.6) is 0 Å². The summed E-state index contributed by atoms with van der Waals surface area (Å²) >= 11 is 3.02. The van der Waals surface area contributed by atoms with Crippen LogP contribution >= 0.6 is 22.7 Å². The van der Waals surface area contributed by atoms with Gasteiger partial charge in [0.15, 0.2) is 0 Å². The molecule has 0 bridgehead atoms. The Morgan fingerprint density at radius 1 is 1.25 bits per heavy atom. The van der Waals surface area contributed by atoms with Gasteiger partial charge in [-0.3, -0.25) is 9.59 Å². The number of nitrogens with zero attached hydrogens (tertiary/aromatic N) is 2. The molecule has 2 aliphatic rings. The Morgan fingerprint density at radius 2 is 2.03 bits per heavy atom. The number of thiazole rings is 1. The SMILES string of the molecule is Cc1csc(-c2c(NC(=O)C3=C(C=O)CCC3)sc3c2CCN(C(=O)OC(C)(C)C)C3)n1. The number of amides is 2. The molecule has 0 radical (unpaired) electrons. The molecule has 0 atom stereocenters. The van der Waals surface area contributed by atoms with Crippen molar-refractivity contribution in [1.29, 1.82) is 0 Å². The Bertz CT molecular complexity index is 1110. The zero-order valence-electron chi connectivity index (χ0n) is 18.7. The summed E-state index contributed by atoms with van der Waals surface area (Å²) in [6.07, 6.45) is 3.21. The number of hydrogen-bond donors (Lipinski definition) is 1. The maximum Gasteiger partial charge on any atom is 0.410 e. The van der Waals surface area contributed by atoms with E-state index in [0.717, 1.165) is 44.4 Å². The topological polar surface area (TPSA) is 88.6 Å². The van der Waals surface area contributed by atoms with Gasteiger partial charge in [-0.1, -0.05) is 0 Å². The number of nitrogens with one attached hydrogen (secondary N) is 1. The van der Waals surface area contributed by atoms with Crippen LogP contribution in [0.3, 0.4) is 0 Å². The lowest BCUT2D eigenvalue weighted by atomic mass is 10.0. The highest BCUT2D eigenvalue weighted by Crippen LogP contribution is 2.45. The van der Waals surface area contributed by atoms with Gasteiger partial charge in [0.25, 0.3) is 5.91 Å². The third-order valence-electron chi connectivity index (χ3n) is 5.45. The van der Waals surface area contributed by atoms with Gasteiger partial charge in [0, 0.05) is 39.2 Å². The molecule has 2 amide bonds. The Balaban J connectivity index is 1.66. The number of thiophene rings is 1. The Kier molecular flexibility index (Phi) is 6.22. The van der Waals surface area contributed by atoms with Crippen LogP contribution in [0.15, 0.2) is 16.5 Å². The van der Waals surface area contributed by atoms with E-state index in [1.54, 1.807) is 16.2 Å². The van der Waals surface area contributed by atoms with Gasteiger partial charge in [0.2, 0.25) is 0 Å². The van der Waals surface area contributed by atoms with Crippen LogP contribution in [0.1, 0.15) is 56.2 Å². The molecule has 0 fully saturated rings. The van der Waals surface area contributed by atoms with Gasteiger partial charge in [-0.25, -0.2) is 9.78 Å². The minimum atomic E-state index is -0.555. The van der Waals surface area contributed by atoms with Crippen molar-refractivity contribution in [3.63, 3.8) is 0 Å². The normalized spacial score (nSPS) is 16.2. The van der Waals surface area contributed by atoms with E-state index in [2.05, 4.69) is 10.3 Å². The summed E-state index contributed by atoms with van der Waals surface area (Å²) in [6, 6.07) is 0. The first-order valence-electron chi connectivity index (χ1n) is 10.7. The summed E-state index contributed by atoms with van der Waals surface area (Å²) in [7, 11) is 0. The van der Waals surface area contributed by atoms with Gasteiger partial charge < -0.3 is 15.0 Å². The number of hydrogen-bond acceptors (Lipinski definition) is 7. The first-order valence-corrected chi connectivity index (χ1v) is 12.4. The van der Waals surface area contributed by atoms with E-state index in [0.29, 0.717) is 43.5 Å². The number of ether oxygens (including phenoxy) is 1. The second-order valence-corrected chi connectivity index (χ2v) is 11.0. The number of aldehydes is 1. The lowest BCUT2D eigenvalue weighted by Crippen LogP contribution is -2.39. The quantitative estimate of drug-likeness (QED) is 0.625.